The van der Waals surface area contributed by atoms with E-state index in [0.29, 0.717) is 22.9 Å². The molecule has 0 aliphatic heterocycles. The van der Waals surface area contributed by atoms with Crippen LogP contribution in [0.15, 0.2) is 18.2 Å². The molecule has 0 heterocycles. The number of carbonyl (C=O) groups excluding carboxylic acids is 1. The standard InChI is InChI=1S/C14H20Cl2N2O.ClH/c1-3-4-13(17)14(19)18-9(2)7-10-5-6-11(15)8-12(10)16;/h5-6,8-9,13H,3-4,7,17H2,1-2H3,(H,18,19);1H. The molecule has 0 aliphatic carbocycles. The van der Waals surface area contributed by atoms with Crippen molar-refractivity contribution >= 4 is 41.5 Å². The molecule has 1 aromatic rings. The lowest BCUT2D eigenvalue weighted by Crippen LogP contribution is -2.45. The average Bonchev–Trinajstić information content (AvgIpc) is 2.33. The number of hydrogen-bond acceptors (Lipinski definition) is 2. The van der Waals surface area contributed by atoms with Crippen LogP contribution >= 0.6 is 35.6 Å². The van der Waals surface area contributed by atoms with Gasteiger partial charge in [-0.1, -0.05) is 42.6 Å². The normalized spacial score (nSPS) is 13.2. The number of halogens is 3. The highest BCUT2D eigenvalue weighted by Gasteiger charge is 2.15. The summed E-state index contributed by atoms with van der Waals surface area (Å²) in [6.45, 7) is 3.94. The highest BCUT2D eigenvalue weighted by atomic mass is 35.5. The Hall–Kier alpha value is -0.480. The molecule has 1 rings (SSSR count). The van der Waals surface area contributed by atoms with Crippen LogP contribution in [-0.4, -0.2) is 18.0 Å². The summed E-state index contributed by atoms with van der Waals surface area (Å²) in [5.74, 6) is -0.112. The van der Waals surface area contributed by atoms with E-state index in [2.05, 4.69) is 5.32 Å². The van der Waals surface area contributed by atoms with Crippen LogP contribution in [0.2, 0.25) is 10.0 Å². The lowest BCUT2D eigenvalue weighted by Gasteiger charge is -2.18. The molecule has 0 saturated carbocycles. The van der Waals surface area contributed by atoms with Gasteiger partial charge in [0.1, 0.15) is 0 Å². The monoisotopic (exact) mass is 338 g/mol. The predicted octanol–water partition coefficient (Wildman–Crippen LogP) is 3.59. The van der Waals surface area contributed by atoms with Crippen molar-refractivity contribution in [3.05, 3.63) is 33.8 Å². The first-order chi connectivity index (χ1) is 8.93. The van der Waals surface area contributed by atoms with Gasteiger partial charge in [-0.3, -0.25) is 4.79 Å². The SMILES string of the molecule is CCCC(N)C(=O)NC(C)Cc1ccc(Cl)cc1Cl.Cl. The summed E-state index contributed by atoms with van der Waals surface area (Å²) in [6, 6.07) is 4.91. The molecule has 0 aliphatic rings. The van der Waals surface area contributed by atoms with E-state index >= 15 is 0 Å². The Bertz CT molecular complexity index is 440. The maximum absolute atomic E-state index is 11.8. The van der Waals surface area contributed by atoms with E-state index in [0.717, 1.165) is 12.0 Å². The van der Waals surface area contributed by atoms with Gasteiger partial charge < -0.3 is 11.1 Å². The number of rotatable bonds is 6. The molecule has 1 aromatic carbocycles. The number of amides is 1. The lowest BCUT2D eigenvalue weighted by molar-refractivity contribution is -0.123. The van der Waals surface area contributed by atoms with Gasteiger partial charge in [-0.15, -0.1) is 12.4 Å². The summed E-state index contributed by atoms with van der Waals surface area (Å²) in [6.07, 6.45) is 2.24. The minimum atomic E-state index is -0.437. The van der Waals surface area contributed by atoms with E-state index in [9.17, 15) is 4.79 Å². The molecule has 0 spiro atoms. The summed E-state index contributed by atoms with van der Waals surface area (Å²) < 4.78 is 0. The second-order valence-corrected chi connectivity index (χ2v) is 5.59. The molecule has 20 heavy (non-hydrogen) atoms. The number of benzene rings is 1. The number of nitrogens with one attached hydrogen (secondary N) is 1. The third kappa shape index (κ3) is 6.31. The van der Waals surface area contributed by atoms with Crippen molar-refractivity contribution in [2.75, 3.05) is 0 Å². The summed E-state index contributed by atoms with van der Waals surface area (Å²) in [5.41, 5.74) is 6.72. The van der Waals surface area contributed by atoms with Crippen LogP contribution in [0, 0.1) is 0 Å². The van der Waals surface area contributed by atoms with Crippen molar-refractivity contribution in [3.63, 3.8) is 0 Å². The van der Waals surface area contributed by atoms with Crippen LogP contribution in [0.3, 0.4) is 0 Å². The Morgan fingerprint density at radius 2 is 2.05 bits per heavy atom. The predicted molar refractivity (Wildman–Crippen MR) is 87.9 cm³/mol. The van der Waals surface area contributed by atoms with Gasteiger partial charge in [0.05, 0.1) is 6.04 Å². The second-order valence-electron chi connectivity index (χ2n) is 4.74. The molecule has 0 radical (unpaired) electrons. The molecular formula is C14H21Cl3N2O. The van der Waals surface area contributed by atoms with Crippen molar-refractivity contribution in [1.29, 1.82) is 0 Å². The van der Waals surface area contributed by atoms with E-state index < -0.39 is 6.04 Å². The van der Waals surface area contributed by atoms with Gasteiger partial charge in [0.2, 0.25) is 5.91 Å². The minimum absolute atomic E-state index is 0. The topological polar surface area (TPSA) is 55.1 Å². The molecule has 0 saturated heterocycles. The second kappa shape index (κ2) is 9.46. The summed E-state index contributed by atoms with van der Waals surface area (Å²) >= 11 is 11.9. The fourth-order valence-corrected chi connectivity index (χ4v) is 2.35. The minimum Gasteiger partial charge on any atom is -0.352 e. The Morgan fingerprint density at radius 3 is 2.60 bits per heavy atom. The van der Waals surface area contributed by atoms with Crippen LogP contribution in [-0.2, 0) is 11.2 Å². The van der Waals surface area contributed by atoms with Gasteiger partial charge in [-0.2, -0.15) is 0 Å². The number of hydrogen-bond donors (Lipinski definition) is 2. The van der Waals surface area contributed by atoms with E-state index in [1.165, 1.54) is 0 Å². The van der Waals surface area contributed by atoms with Crippen LogP contribution in [0.25, 0.3) is 0 Å². The molecule has 3 nitrogen and oxygen atoms in total. The van der Waals surface area contributed by atoms with Crippen molar-refractivity contribution < 1.29 is 4.79 Å². The smallest absolute Gasteiger partial charge is 0.237 e. The van der Waals surface area contributed by atoms with Gasteiger partial charge in [-0.25, -0.2) is 0 Å². The Kier molecular flexibility index (Phi) is 9.23. The zero-order valence-corrected chi connectivity index (χ0v) is 14.0. The molecule has 6 heteroatoms. The first-order valence-electron chi connectivity index (χ1n) is 6.44. The largest absolute Gasteiger partial charge is 0.352 e. The quantitative estimate of drug-likeness (QED) is 0.832. The molecule has 2 unspecified atom stereocenters. The van der Waals surface area contributed by atoms with Gasteiger partial charge in [0, 0.05) is 16.1 Å². The third-order valence-corrected chi connectivity index (χ3v) is 3.45. The Balaban J connectivity index is 0.00000361. The van der Waals surface area contributed by atoms with E-state index in [1.54, 1.807) is 12.1 Å². The first kappa shape index (κ1) is 19.5. The van der Waals surface area contributed by atoms with Gasteiger partial charge in [0.25, 0.3) is 0 Å². The maximum Gasteiger partial charge on any atom is 0.237 e. The maximum atomic E-state index is 11.8. The molecule has 1 amide bonds. The Labute approximate surface area is 136 Å². The molecule has 114 valence electrons. The van der Waals surface area contributed by atoms with Gasteiger partial charge in [0.15, 0.2) is 0 Å². The van der Waals surface area contributed by atoms with Crippen molar-refractivity contribution in [2.24, 2.45) is 5.73 Å². The summed E-state index contributed by atoms with van der Waals surface area (Å²) in [5, 5.41) is 4.12. The molecule has 2 atom stereocenters. The lowest BCUT2D eigenvalue weighted by atomic mass is 10.1. The van der Waals surface area contributed by atoms with Gasteiger partial charge in [-0.05, 0) is 37.5 Å². The van der Waals surface area contributed by atoms with Crippen molar-refractivity contribution in [2.45, 2.75) is 45.2 Å². The van der Waals surface area contributed by atoms with Crippen LogP contribution in [0.5, 0.6) is 0 Å². The molecular weight excluding hydrogens is 319 g/mol. The molecule has 0 fully saturated rings. The highest BCUT2D eigenvalue weighted by Crippen LogP contribution is 2.22. The van der Waals surface area contributed by atoms with Crippen molar-refractivity contribution in [1.82, 2.24) is 5.32 Å². The fourth-order valence-electron chi connectivity index (χ4n) is 1.86. The van der Waals surface area contributed by atoms with E-state index in [-0.39, 0.29) is 24.4 Å². The van der Waals surface area contributed by atoms with E-state index in [1.807, 2.05) is 19.9 Å². The summed E-state index contributed by atoms with van der Waals surface area (Å²) in [4.78, 5) is 11.8. The van der Waals surface area contributed by atoms with Crippen LogP contribution in [0.4, 0.5) is 0 Å². The number of nitrogens with two attached hydrogens (primary N) is 1. The first-order valence-corrected chi connectivity index (χ1v) is 7.19. The molecule has 3 N–H and O–H groups in total. The van der Waals surface area contributed by atoms with Gasteiger partial charge >= 0.3 is 0 Å². The zero-order valence-electron chi connectivity index (χ0n) is 11.7. The molecule has 0 bridgehead atoms. The average molecular weight is 340 g/mol. The van der Waals surface area contributed by atoms with Crippen LogP contribution < -0.4 is 11.1 Å². The highest BCUT2D eigenvalue weighted by molar-refractivity contribution is 6.35. The van der Waals surface area contributed by atoms with Crippen molar-refractivity contribution in [3.8, 4) is 0 Å². The number of carbonyl (C=O) groups is 1. The fraction of sp³-hybridized carbons (Fsp3) is 0.500. The Morgan fingerprint density at radius 1 is 1.40 bits per heavy atom. The van der Waals surface area contributed by atoms with Crippen LogP contribution in [0.1, 0.15) is 32.3 Å². The summed E-state index contributed by atoms with van der Waals surface area (Å²) in [7, 11) is 0. The third-order valence-electron chi connectivity index (χ3n) is 2.87. The molecule has 0 aromatic heterocycles. The van der Waals surface area contributed by atoms with E-state index in [4.69, 9.17) is 28.9 Å². The zero-order chi connectivity index (χ0) is 14.4.